The van der Waals surface area contributed by atoms with Gasteiger partial charge in [-0.05, 0) is 31.0 Å². The maximum Gasteiger partial charge on any atom is 0.146 e. The van der Waals surface area contributed by atoms with Crippen molar-refractivity contribution in [2.45, 2.75) is 26.4 Å². The molecule has 0 aliphatic rings. The molecule has 15 heavy (non-hydrogen) atoms. The van der Waals surface area contributed by atoms with Gasteiger partial charge in [0.25, 0.3) is 0 Å². The average Bonchev–Trinajstić information content (AvgIpc) is 2.17. The van der Waals surface area contributed by atoms with Gasteiger partial charge in [-0.3, -0.25) is 0 Å². The normalized spacial score (nSPS) is 12.6. The van der Waals surface area contributed by atoms with Gasteiger partial charge in [-0.25, -0.2) is 4.39 Å². The maximum absolute atomic E-state index is 13.6. The van der Waals surface area contributed by atoms with Crippen LogP contribution in [-0.2, 0) is 0 Å². The van der Waals surface area contributed by atoms with E-state index >= 15 is 0 Å². The molecular formula is C12H18FNO. The zero-order valence-electron chi connectivity index (χ0n) is 9.50. The number of halogens is 1. The highest BCUT2D eigenvalue weighted by atomic mass is 19.1. The summed E-state index contributed by atoms with van der Waals surface area (Å²) in [5, 5.41) is 9.30. The fraction of sp³-hybridized carbons (Fsp3) is 0.500. The summed E-state index contributed by atoms with van der Waals surface area (Å²) in [4.78, 5) is 1.88. The largest absolute Gasteiger partial charge is 0.389 e. The van der Waals surface area contributed by atoms with Crippen molar-refractivity contribution in [3.8, 4) is 0 Å². The maximum atomic E-state index is 13.6. The van der Waals surface area contributed by atoms with E-state index in [0.29, 0.717) is 11.3 Å². The van der Waals surface area contributed by atoms with Crippen molar-refractivity contribution < 1.29 is 9.50 Å². The highest BCUT2D eigenvalue weighted by Crippen LogP contribution is 2.22. The molecule has 0 aliphatic heterocycles. The Morgan fingerprint density at radius 1 is 1.47 bits per heavy atom. The molecule has 2 nitrogen and oxygen atoms in total. The number of hydrogen-bond acceptors (Lipinski definition) is 2. The highest BCUT2D eigenvalue weighted by molar-refractivity contribution is 5.48. The van der Waals surface area contributed by atoms with Crippen LogP contribution in [0.3, 0.4) is 0 Å². The molecule has 0 saturated heterocycles. The molecule has 1 rings (SSSR count). The Hall–Kier alpha value is -1.09. The Labute approximate surface area is 90.3 Å². The number of aliphatic hydroxyl groups is 1. The van der Waals surface area contributed by atoms with Gasteiger partial charge in [0.1, 0.15) is 5.82 Å². The van der Waals surface area contributed by atoms with Gasteiger partial charge in [0, 0.05) is 13.6 Å². The van der Waals surface area contributed by atoms with Crippen LogP contribution < -0.4 is 4.90 Å². The lowest BCUT2D eigenvalue weighted by molar-refractivity contribution is 0.199. The van der Waals surface area contributed by atoms with Crippen molar-refractivity contribution in [2.24, 2.45) is 0 Å². The van der Waals surface area contributed by atoms with Crippen LogP contribution in [0.2, 0.25) is 0 Å². The van der Waals surface area contributed by atoms with Crippen LogP contribution in [0.1, 0.15) is 31.9 Å². The first kappa shape index (κ1) is 12.0. The van der Waals surface area contributed by atoms with Crippen LogP contribution in [0.5, 0.6) is 0 Å². The molecule has 0 radical (unpaired) electrons. The van der Waals surface area contributed by atoms with E-state index in [1.54, 1.807) is 19.1 Å². The summed E-state index contributed by atoms with van der Waals surface area (Å²) in [5.41, 5.74) is 1.20. The molecule has 1 aromatic carbocycles. The van der Waals surface area contributed by atoms with Gasteiger partial charge in [0.2, 0.25) is 0 Å². The summed E-state index contributed by atoms with van der Waals surface area (Å²) in [6.45, 7) is 4.51. The smallest absolute Gasteiger partial charge is 0.146 e. The van der Waals surface area contributed by atoms with E-state index in [0.717, 1.165) is 13.0 Å². The standard InChI is InChI=1S/C12H18FNO/c1-4-7-14(3)12-6-5-10(9(2)15)8-11(12)13/h5-6,8-9,15H,4,7H2,1-3H3/t9-/m0/s1. The van der Waals surface area contributed by atoms with Crippen LogP contribution >= 0.6 is 0 Å². The van der Waals surface area contributed by atoms with E-state index in [2.05, 4.69) is 6.92 Å². The monoisotopic (exact) mass is 211 g/mol. The van der Waals surface area contributed by atoms with Crippen LogP contribution in [-0.4, -0.2) is 18.7 Å². The van der Waals surface area contributed by atoms with Crippen molar-refractivity contribution in [3.05, 3.63) is 29.6 Å². The first-order valence-electron chi connectivity index (χ1n) is 5.25. The van der Waals surface area contributed by atoms with Gasteiger partial charge in [-0.15, -0.1) is 0 Å². The molecule has 0 amide bonds. The second-order valence-corrected chi connectivity index (χ2v) is 3.81. The molecule has 1 atom stereocenters. The fourth-order valence-electron chi connectivity index (χ4n) is 1.55. The molecule has 84 valence electrons. The molecule has 1 aromatic rings. The molecule has 0 aromatic heterocycles. The minimum Gasteiger partial charge on any atom is -0.389 e. The van der Waals surface area contributed by atoms with Crippen LogP contribution in [0.4, 0.5) is 10.1 Å². The van der Waals surface area contributed by atoms with Crippen molar-refractivity contribution in [2.75, 3.05) is 18.5 Å². The van der Waals surface area contributed by atoms with Crippen LogP contribution in [0, 0.1) is 5.82 Å². The van der Waals surface area contributed by atoms with Crippen molar-refractivity contribution in [1.29, 1.82) is 0 Å². The van der Waals surface area contributed by atoms with Crippen molar-refractivity contribution >= 4 is 5.69 Å². The minimum absolute atomic E-state index is 0.274. The predicted octanol–water partition coefficient (Wildman–Crippen LogP) is 2.73. The molecule has 1 N–H and O–H groups in total. The van der Waals surface area contributed by atoms with Gasteiger partial charge in [-0.1, -0.05) is 13.0 Å². The Morgan fingerprint density at radius 2 is 2.13 bits per heavy atom. The average molecular weight is 211 g/mol. The fourth-order valence-corrected chi connectivity index (χ4v) is 1.55. The molecule has 0 bridgehead atoms. The van der Waals surface area contributed by atoms with E-state index in [4.69, 9.17) is 0 Å². The number of hydrogen-bond donors (Lipinski definition) is 1. The summed E-state index contributed by atoms with van der Waals surface area (Å²) >= 11 is 0. The van der Waals surface area contributed by atoms with Gasteiger partial charge >= 0.3 is 0 Å². The zero-order valence-corrected chi connectivity index (χ0v) is 9.50. The van der Waals surface area contributed by atoms with Crippen LogP contribution in [0.25, 0.3) is 0 Å². The number of aliphatic hydroxyl groups excluding tert-OH is 1. The number of rotatable bonds is 4. The lowest BCUT2D eigenvalue weighted by atomic mass is 10.1. The molecule has 3 heteroatoms. The lowest BCUT2D eigenvalue weighted by Crippen LogP contribution is -2.19. The zero-order chi connectivity index (χ0) is 11.4. The molecule has 0 aliphatic carbocycles. The van der Waals surface area contributed by atoms with E-state index < -0.39 is 6.10 Å². The Balaban J connectivity index is 2.92. The summed E-state index contributed by atoms with van der Waals surface area (Å²) in [7, 11) is 1.87. The third-order valence-corrected chi connectivity index (χ3v) is 2.42. The summed E-state index contributed by atoms with van der Waals surface area (Å²) in [5.74, 6) is -0.274. The lowest BCUT2D eigenvalue weighted by Gasteiger charge is -2.19. The topological polar surface area (TPSA) is 23.5 Å². The SMILES string of the molecule is CCCN(C)c1ccc([C@H](C)O)cc1F. The van der Waals surface area contributed by atoms with Crippen molar-refractivity contribution in [3.63, 3.8) is 0 Å². The number of benzene rings is 1. The van der Waals surface area contributed by atoms with Gasteiger partial charge in [-0.2, -0.15) is 0 Å². The third-order valence-electron chi connectivity index (χ3n) is 2.42. The number of anilines is 1. The van der Waals surface area contributed by atoms with E-state index in [1.807, 2.05) is 11.9 Å². The Kier molecular flexibility index (Phi) is 4.09. The highest BCUT2D eigenvalue weighted by Gasteiger charge is 2.09. The molecule has 0 saturated carbocycles. The second-order valence-electron chi connectivity index (χ2n) is 3.81. The van der Waals surface area contributed by atoms with Crippen LogP contribution in [0.15, 0.2) is 18.2 Å². The molecule has 0 unspecified atom stereocenters. The molecule has 0 spiro atoms. The third kappa shape index (κ3) is 2.93. The molecule has 0 fully saturated rings. The van der Waals surface area contributed by atoms with Gasteiger partial charge in [0.15, 0.2) is 0 Å². The predicted molar refractivity (Wildman–Crippen MR) is 60.6 cm³/mol. The first-order valence-corrected chi connectivity index (χ1v) is 5.25. The van der Waals surface area contributed by atoms with Gasteiger partial charge < -0.3 is 10.0 Å². The van der Waals surface area contributed by atoms with E-state index in [1.165, 1.54) is 6.07 Å². The minimum atomic E-state index is -0.620. The summed E-state index contributed by atoms with van der Waals surface area (Å²) in [6.07, 6.45) is 0.360. The van der Waals surface area contributed by atoms with E-state index in [-0.39, 0.29) is 5.82 Å². The Morgan fingerprint density at radius 3 is 2.60 bits per heavy atom. The quantitative estimate of drug-likeness (QED) is 0.827. The molecule has 0 heterocycles. The van der Waals surface area contributed by atoms with Gasteiger partial charge in [0.05, 0.1) is 11.8 Å². The van der Waals surface area contributed by atoms with E-state index in [9.17, 15) is 9.50 Å². The first-order chi connectivity index (χ1) is 7.06. The Bertz CT molecular complexity index is 325. The van der Waals surface area contributed by atoms with Crippen molar-refractivity contribution in [1.82, 2.24) is 0 Å². The number of nitrogens with zero attached hydrogens (tertiary/aromatic N) is 1. The summed E-state index contributed by atoms with van der Waals surface area (Å²) < 4.78 is 13.6. The molecular weight excluding hydrogens is 193 g/mol. The summed E-state index contributed by atoms with van der Waals surface area (Å²) in [6, 6.07) is 4.87. The second kappa shape index (κ2) is 5.12.